The van der Waals surface area contributed by atoms with Crippen molar-refractivity contribution in [1.29, 1.82) is 5.26 Å². The Morgan fingerprint density at radius 3 is 2.86 bits per heavy atom. The monoisotopic (exact) mass is 311 g/mol. The Morgan fingerprint density at radius 2 is 2.23 bits per heavy atom. The lowest BCUT2D eigenvalue weighted by Gasteiger charge is -2.31. The van der Waals surface area contributed by atoms with E-state index in [0.29, 0.717) is 29.8 Å². The number of rotatable bonds is 2. The van der Waals surface area contributed by atoms with E-state index >= 15 is 0 Å². The minimum Gasteiger partial charge on any atom is -0.390 e. The average molecular weight is 311 g/mol. The van der Waals surface area contributed by atoms with E-state index in [1.54, 1.807) is 0 Å². The van der Waals surface area contributed by atoms with E-state index in [4.69, 9.17) is 11.5 Å². The lowest BCUT2D eigenvalue weighted by molar-refractivity contribution is 0.100. The predicted molar refractivity (Wildman–Crippen MR) is 87.7 cm³/mol. The Kier molecular flexibility index (Phi) is 3.42. The summed E-state index contributed by atoms with van der Waals surface area (Å²) in [5.41, 5.74) is 14.4. The van der Waals surface area contributed by atoms with Crippen molar-refractivity contribution in [3.8, 4) is 6.07 Å². The third kappa shape index (κ3) is 2.16. The van der Waals surface area contributed by atoms with Gasteiger partial charge in [-0.05, 0) is 30.9 Å². The van der Waals surface area contributed by atoms with Crippen LogP contribution in [0.25, 0.3) is 0 Å². The zero-order valence-corrected chi connectivity index (χ0v) is 13.2. The van der Waals surface area contributed by atoms with Crippen LogP contribution in [0.5, 0.6) is 0 Å². The molecule has 1 aliphatic carbocycles. The number of amides is 1. The molecule has 1 aromatic heterocycles. The number of primary amides is 1. The van der Waals surface area contributed by atoms with Gasteiger partial charge in [0.15, 0.2) is 0 Å². The molecule has 1 heterocycles. The third-order valence-corrected chi connectivity index (χ3v) is 5.47. The largest absolute Gasteiger partial charge is 0.390 e. The van der Waals surface area contributed by atoms with Gasteiger partial charge < -0.3 is 11.5 Å². The maximum Gasteiger partial charge on any atom is 0.251 e. The second-order valence-corrected chi connectivity index (χ2v) is 6.98. The van der Waals surface area contributed by atoms with Crippen molar-refractivity contribution in [2.24, 2.45) is 5.73 Å². The van der Waals surface area contributed by atoms with Crippen LogP contribution in [0.15, 0.2) is 24.3 Å². The zero-order chi connectivity index (χ0) is 15.9. The molecule has 1 aliphatic rings. The summed E-state index contributed by atoms with van der Waals surface area (Å²) in [5, 5.41) is 10.3. The number of hydrogen-bond donors (Lipinski definition) is 2. The Hall–Kier alpha value is -2.32. The van der Waals surface area contributed by atoms with Gasteiger partial charge in [0.1, 0.15) is 0 Å². The van der Waals surface area contributed by atoms with Gasteiger partial charge in [-0.1, -0.05) is 29.8 Å². The molecule has 0 saturated heterocycles. The first-order chi connectivity index (χ1) is 10.5. The van der Waals surface area contributed by atoms with Crippen LogP contribution < -0.4 is 11.5 Å². The predicted octanol–water partition coefficient (Wildman–Crippen LogP) is 2.69. The Morgan fingerprint density at radius 1 is 1.45 bits per heavy atom. The number of thiophene rings is 1. The van der Waals surface area contributed by atoms with E-state index in [1.807, 2.05) is 25.1 Å². The first-order valence-corrected chi connectivity index (χ1v) is 7.97. The van der Waals surface area contributed by atoms with E-state index in [9.17, 15) is 10.1 Å². The minimum atomic E-state index is -0.550. The summed E-state index contributed by atoms with van der Waals surface area (Å²) < 4.78 is 0. The topological polar surface area (TPSA) is 92.9 Å². The fraction of sp³-hybridized carbons (Fsp3) is 0.294. The minimum absolute atomic E-state index is 0.454. The number of carbonyl (C=O) groups excluding carboxylic acids is 1. The molecule has 1 aromatic carbocycles. The number of hydrogen-bond acceptors (Lipinski definition) is 4. The van der Waals surface area contributed by atoms with Crippen LogP contribution >= 0.6 is 11.3 Å². The van der Waals surface area contributed by atoms with Crippen molar-refractivity contribution in [2.75, 3.05) is 5.73 Å². The molecule has 112 valence electrons. The fourth-order valence-corrected chi connectivity index (χ4v) is 4.50. The molecular formula is C17H17N3OS. The lowest BCUT2D eigenvalue weighted by Crippen LogP contribution is -2.32. The molecule has 1 atom stereocenters. The molecule has 2 aromatic rings. The highest BCUT2D eigenvalue weighted by atomic mass is 32.1. The molecule has 0 spiro atoms. The van der Waals surface area contributed by atoms with Crippen molar-refractivity contribution >= 4 is 22.2 Å². The molecule has 0 saturated carbocycles. The Balaban J connectivity index is 2.08. The van der Waals surface area contributed by atoms with Gasteiger partial charge in [0.2, 0.25) is 0 Å². The van der Waals surface area contributed by atoms with Crippen molar-refractivity contribution in [2.45, 2.75) is 31.6 Å². The van der Waals surface area contributed by atoms with Crippen LogP contribution in [-0.4, -0.2) is 5.91 Å². The molecular weight excluding hydrogens is 294 g/mol. The van der Waals surface area contributed by atoms with Gasteiger partial charge in [-0.3, -0.25) is 4.79 Å². The summed E-state index contributed by atoms with van der Waals surface area (Å²) in [6.45, 7) is 2.02. The number of carbonyl (C=O) groups is 1. The van der Waals surface area contributed by atoms with Crippen LogP contribution in [-0.2, 0) is 18.3 Å². The molecule has 3 rings (SSSR count). The highest BCUT2D eigenvalue weighted by Crippen LogP contribution is 2.44. The van der Waals surface area contributed by atoms with Gasteiger partial charge in [-0.15, -0.1) is 11.3 Å². The molecule has 22 heavy (non-hydrogen) atoms. The van der Waals surface area contributed by atoms with Gasteiger partial charge in [0.25, 0.3) is 5.91 Å². The molecule has 4 N–H and O–H groups in total. The number of nitriles is 1. The van der Waals surface area contributed by atoms with Gasteiger partial charge in [-0.25, -0.2) is 0 Å². The van der Waals surface area contributed by atoms with Crippen molar-refractivity contribution in [3.05, 3.63) is 51.4 Å². The van der Waals surface area contributed by atoms with E-state index in [2.05, 4.69) is 12.1 Å². The summed E-state index contributed by atoms with van der Waals surface area (Å²) in [4.78, 5) is 12.6. The van der Waals surface area contributed by atoms with E-state index in [-0.39, 0.29) is 0 Å². The maximum atomic E-state index is 11.6. The highest BCUT2D eigenvalue weighted by molar-refractivity contribution is 7.16. The summed E-state index contributed by atoms with van der Waals surface area (Å²) in [5.74, 6) is -0.477. The van der Waals surface area contributed by atoms with Crippen LogP contribution in [0.1, 0.15) is 38.3 Å². The summed E-state index contributed by atoms with van der Waals surface area (Å²) in [6.07, 6.45) is 1.92. The molecule has 0 bridgehead atoms. The van der Waals surface area contributed by atoms with Crippen LogP contribution in [0, 0.1) is 18.3 Å². The summed E-state index contributed by atoms with van der Waals surface area (Å²) >= 11 is 1.39. The summed E-state index contributed by atoms with van der Waals surface area (Å²) in [6, 6.07) is 10.6. The molecule has 0 aliphatic heterocycles. The average Bonchev–Trinajstić information content (AvgIpc) is 2.81. The molecule has 1 amide bonds. The van der Waals surface area contributed by atoms with Gasteiger partial charge in [0.05, 0.1) is 22.0 Å². The number of nitrogen functional groups attached to an aromatic ring is 1. The number of anilines is 1. The van der Waals surface area contributed by atoms with Gasteiger partial charge >= 0.3 is 0 Å². The van der Waals surface area contributed by atoms with Crippen LogP contribution in [0.4, 0.5) is 5.00 Å². The number of aryl methyl sites for hydroxylation is 1. The number of nitrogens with zero attached hydrogens (tertiary/aromatic N) is 1. The smallest absolute Gasteiger partial charge is 0.251 e. The quantitative estimate of drug-likeness (QED) is 0.893. The second kappa shape index (κ2) is 5.15. The first-order valence-electron chi connectivity index (χ1n) is 7.15. The maximum absolute atomic E-state index is 11.6. The van der Waals surface area contributed by atoms with Crippen LogP contribution in [0.2, 0.25) is 0 Å². The second-order valence-electron chi connectivity index (χ2n) is 5.85. The third-order valence-electron chi connectivity index (χ3n) is 4.41. The van der Waals surface area contributed by atoms with Crippen molar-refractivity contribution < 1.29 is 4.79 Å². The molecule has 0 fully saturated rings. The van der Waals surface area contributed by atoms with E-state index < -0.39 is 11.3 Å². The molecule has 1 unspecified atom stereocenters. The van der Waals surface area contributed by atoms with E-state index in [1.165, 1.54) is 11.3 Å². The normalized spacial score (nSPS) is 20.2. The number of benzene rings is 1. The molecule has 5 heteroatoms. The number of nitrogens with two attached hydrogens (primary N) is 2. The molecule has 4 nitrogen and oxygen atoms in total. The van der Waals surface area contributed by atoms with Gasteiger partial charge in [-0.2, -0.15) is 5.26 Å². The summed E-state index contributed by atoms with van der Waals surface area (Å²) in [7, 11) is 0. The Labute approximate surface area is 133 Å². The van der Waals surface area contributed by atoms with Crippen molar-refractivity contribution in [3.63, 3.8) is 0 Å². The SMILES string of the molecule is Cc1cccc(C2(C#N)CCc3c(sc(N)c3C(N)=O)C2)c1. The molecule has 0 radical (unpaired) electrons. The van der Waals surface area contributed by atoms with Crippen molar-refractivity contribution in [1.82, 2.24) is 0 Å². The standard InChI is InChI=1S/C17H17N3OS/c1-10-3-2-4-11(7-10)17(9-18)6-5-12-13(8-17)22-16(20)14(12)15(19)21/h2-4,7H,5-6,8,20H2,1H3,(H2,19,21). The zero-order valence-electron chi connectivity index (χ0n) is 12.3. The number of fused-ring (bicyclic) bond motifs is 1. The first kappa shape index (κ1) is 14.6. The van der Waals surface area contributed by atoms with Gasteiger partial charge in [0, 0.05) is 11.3 Å². The van der Waals surface area contributed by atoms with Crippen LogP contribution in [0.3, 0.4) is 0 Å². The lowest BCUT2D eigenvalue weighted by atomic mass is 9.70. The highest BCUT2D eigenvalue weighted by Gasteiger charge is 2.39. The fourth-order valence-electron chi connectivity index (χ4n) is 3.26. The van der Waals surface area contributed by atoms with E-state index in [0.717, 1.165) is 21.6 Å². The Bertz CT molecular complexity index is 803.